The van der Waals surface area contributed by atoms with Crippen LogP contribution in [-0.4, -0.2) is 53.7 Å². The molecule has 0 bridgehead atoms. The molecular weight excluding hydrogens is 362 g/mol. The summed E-state index contributed by atoms with van der Waals surface area (Å²) in [5, 5.41) is 10.1. The van der Waals surface area contributed by atoms with Gasteiger partial charge >= 0.3 is 0 Å². The molecule has 0 atom stereocenters. The van der Waals surface area contributed by atoms with Crippen molar-refractivity contribution in [1.82, 2.24) is 19.5 Å². The van der Waals surface area contributed by atoms with E-state index >= 15 is 0 Å². The van der Waals surface area contributed by atoms with E-state index in [-0.39, 0.29) is 22.5 Å². The van der Waals surface area contributed by atoms with Gasteiger partial charge in [-0.2, -0.15) is 0 Å². The van der Waals surface area contributed by atoms with Gasteiger partial charge in [-0.25, -0.2) is 17.7 Å². The van der Waals surface area contributed by atoms with Crippen LogP contribution in [0.4, 0.5) is 5.69 Å². The van der Waals surface area contributed by atoms with Gasteiger partial charge in [0.15, 0.2) is 0 Å². The minimum Gasteiger partial charge on any atom is -0.325 e. The molecule has 25 heavy (non-hydrogen) atoms. The van der Waals surface area contributed by atoms with E-state index in [1.54, 1.807) is 12.1 Å². The molecule has 1 amide bonds. The number of anilines is 1. The van der Waals surface area contributed by atoms with Crippen LogP contribution in [-0.2, 0) is 14.8 Å². The summed E-state index contributed by atoms with van der Waals surface area (Å²) in [5.74, 6) is 0.963. The number of aromatic nitrogens is 3. The van der Waals surface area contributed by atoms with Gasteiger partial charge in [0.1, 0.15) is 5.82 Å². The summed E-state index contributed by atoms with van der Waals surface area (Å²) in [6, 6.07) is 6.04. The zero-order valence-corrected chi connectivity index (χ0v) is 16.1. The molecule has 1 aromatic heterocycles. The number of thioether (sulfide) groups is 1. The average Bonchev–Trinajstić information content (AvgIpc) is 3.02. The second-order valence-corrected chi connectivity index (χ2v) is 8.90. The molecule has 1 aromatic carbocycles. The van der Waals surface area contributed by atoms with Gasteiger partial charge in [0.05, 0.1) is 10.6 Å². The fourth-order valence-electron chi connectivity index (χ4n) is 1.83. The van der Waals surface area contributed by atoms with Gasteiger partial charge in [-0.1, -0.05) is 25.6 Å². The highest BCUT2D eigenvalue weighted by Crippen LogP contribution is 2.18. The van der Waals surface area contributed by atoms with Crippen molar-refractivity contribution in [2.24, 2.45) is 0 Å². The lowest BCUT2D eigenvalue weighted by atomic mass is 10.2. The second-order valence-electron chi connectivity index (χ2n) is 5.81. The van der Waals surface area contributed by atoms with E-state index in [1.165, 1.54) is 38.0 Å². The maximum Gasteiger partial charge on any atom is 0.242 e. The first-order valence-corrected chi connectivity index (χ1v) is 10.00. The van der Waals surface area contributed by atoms with Crippen molar-refractivity contribution in [1.29, 1.82) is 0 Å². The lowest BCUT2D eigenvalue weighted by molar-refractivity contribution is -0.113. The number of carbonyl (C=O) groups excluding carboxylic acids is 1. The van der Waals surface area contributed by atoms with Crippen molar-refractivity contribution in [2.75, 3.05) is 25.2 Å². The van der Waals surface area contributed by atoms with E-state index in [0.29, 0.717) is 10.8 Å². The Morgan fingerprint density at radius 3 is 2.44 bits per heavy atom. The second kappa shape index (κ2) is 7.98. The summed E-state index contributed by atoms with van der Waals surface area (Å²) in [7, 11) is -0.540. The van der Waals surface area contributed by atoms with Crippen LogP contribution < -0.4 is 5.32 Å². The molecule has 136 valence electrons. The Morgan fingerprint density at radius 1 is 1.28 bits per heavy atom. The van der Waals surface area contributed by atoms with Gasteiger partial charge in [-0.05, 0) is 24.3 Å². The van der Waals surface area contributed by atoms with E-state index in [1.807, 2.05) is 13.8 Å². The van der Waals surface area contributed by atoms with E-state index < -0.39 is 10.0 Å². The maximum atomic E-state index is 12.0. The lowest BCUT2D eigenvalue weighted by Crippen LogP contribution is -2.22. The molecule has 0 aliphatic heterocycles. The Balaban J connectivity index is 1.92. The summed E-state index contributed by atoms with van der Waals surface area (Å²) >= 11 is 1.23. The SMILES string of the molecule is CC(C)c1nc(SCC(=O)Nc2ccc(S(=O)(=O)N(C)C)cc2)n[nH]1. The molecule has 1 heterocycles. The number of benzene rings is 1. The van der Waals surface area contributed by atoms with Crippen LogP contribution in [0.5, 0.6) is 0 Å². The van der Waals surface area contributed by atoms with Crippen molar-refractivity contribution in [3.05, 3.63) is 30.1 Å². The Bertz CT molecular complexity index is 829. The number of carbonyl (C=O) groups is 1. The van der Waals surface area contributed by atoms with Crippen molar-refractivity contribution in [3.8, 4) is 0 Å². The van der Waals surface area contributed by atoms with Gasteiger partial charge < -0.3 is 5.32 Å². The molecular formula is C15H21N5O3S2. The Kier molecular flexibility index (Phi) is 6.20. The molecule has 0 aliphatic rings. The number of nitrogens with one attached hydrogen (secondary N) is 2. The van der Waals surface area contributed by atoms with Crippen molar-refractivity contribution in [3.63, 3.8) is 0 Å². The van der Waals surface area contributed by atoms with E-state index in [2.05, 4.69) is 20.5 Å². The molecule has 10 heteroatoms. The first-order chi connectivity index (χ1) is 11.7. The van der Waals surface area contributed by atoms with E-state index in [0.717, 1.165) is 10.1 Å². The molecule has 0 fully saturated rings. The van der Waals surface area contributed by atoms with Gasteiger partial charge in [0, 0.05) is 25.7 Å². The third-order valence-electron chi connectivity index (χ3n) is 3.28. The topological polar surface area (TPSA) is 108 Å². The highest BCUT2D eigenvalue weighted by molar-refractivity contribution is 7.99. The normalized spacial score (nSPS) is 11.9. The predicted molar refractivity (Wildman–Crippen MR) is 97.1 cm³/mol. The fraction of sp³-hybridized carbons (Fsp3) is 0.400. The van der Waals surface area contributed by atoms with Crippen molar-refractivity contribution in [2.45, 2.75) is 29.8 Å². The highest BCUT2D eigenvalue weighted by Gasteiger charge is 2.17. The maximum absolute atomic E-state index is 12.0. The monoisotopic (exact) mass is 383 g/mol. The fourth-order valence-corrected chi connectivity index (χ4v) is 3.34. The summed E-state index contributed by atoms with van der Waals surface area (Å²) in [6.07, 6.45) is 0. The molecule has 0 saturated heterocycles. The van der Waals surface area contributed by atoms with Gasteiger partial charge in [-0.15, -0.1) is 5.10 Å². The van der Waals surface area contributed by atoms with Gasteiger partial charge in [-0.3, -0.25) is 9.89 Å². The van der Waals surface area contributed by atoms with Crippen LogP contribution in [0.3, 0.4) is 0 Å². The molecule has 2 N–H and O–H groups in total. The first-order valence-electron chi connectivity index (χ1n) is 7.57. The van der Waals surface area contributed by atoms with E-state index in [9.17, 15) is 13.2 Å². The van der Waals surface area contributed by atoms with Crippen molar-refractivity contribution >= 4 is 33.4 Å². The van der Waals surface area contributed by atoms with Crippen LogP contribution in [0.15, 0.2) is 34.3 Å². The molecule has 0 unspecified atom stereocenters. The van der Waals surface area contributed by atoms with Crippen LogP contribution in [0.25, 0.3) is 0 Å². The smallest absolute Gasteiger partial charge is 0.242 e. The van der Waals surface area contributed by atoms with Crippen LogP contribution >= 0.6 is 11.8 Å². The number of sulfonamides is 1. The molecule has 0 spiro atoms. The van der Waals surface area contributed by atoms with Gasteiger partial charge in [0.25, 0.3) is 0 Å². The van der Waals surface area contributed by atoms with Crippen LogP contribution in [0, 0.1) is 0 Å². The third kappa shape index (κ3) is 5.03. The number of rotatable bonds is 7. The standard InChI is InChI=1S/C15H21N5O3S2/c1-10(2)14-17-15(19-18-14)24-9-13(21)16-11-5-7-12(8-6-11)25(22,23)20(3)4/h5-8,10H,9H2,1-4H3,(H,16,21)(H,17,18,19). The zero-order chi connectivity index (χ0) is 18.6. The molecule has 0 radical (unpaired) electrons. The largest absolute Gasteiger partial charge is 0.325 e. The third-order valence-corrected chi connectivity index (χ3v) is 5.95. The molecule has 0 saturated carbocycles. The predicted octanol–water partition coefficient (Wildman–Crippen LogP) is 1.91. The number of hydrogen-bond donors (Lipinski definition) is 2. The van der Waals surface area contributed by atoms with Crippen LogP contribution in [0.1, 0.15) is 25.6 Å². The minimum absolute atomic E-state index is 0.160. The summed E-state index contributed by atoms with van der Waals surface area (Å²) in [4.78, 5) is 16.5. The number of hydrogen-bond acceptors (Lipinski definition) is 6. The van der Waals surface area contributed by atoms with Crippen LogP contribution in [0.2, 0.25) is 0 Å². The lowest BCUT2D eigenvalue weighted by Gasteiger charge is -2.11. The first kappa shape index (κ1) is 19.4. The highest BCUT2D eigenvalue weighted by atomic mass is 32.2. The summed E-state index contributed by atoms with van der Waals surface area (Å²) < 4.78 is 25.1. The average molecular weight is 383 g/mol. The Labute approximate surface area is 151 Å². The summed E-state index contributed by atoms with van der Waals surface area (Å²) in [5.41, 5.74) is 0.529. The minimum atomic E-state index is -3.48. The Hall–Kier alpha value is -1.91. The molecule has 2 rings (SSSR count). The number of aromatic amines is 1. The van der Waals surface area contributed by atoms with Gasteiger partial charge in [0.2, 0.25) is 21.1 Å². The molecule has 8 nitrogen and oxygen atoms in total. The summed E-state index contributed by atoms with van der Waals surface area (Å²) in [6.45, 7) is 4.00. The number of H-pyrrole nitrogens is 1. The van der Waals surface area contributed by atoms with Crippen molar-refractivity contribution < 1.29 is 13.2 Å². The quantitative estimate of drug-likeness (QED) is 0.707. The van der Waals surface area contributed by atoms with E-state index in [4.69, 9.17) is 0 Å². The molecule has 2 aromatic rings. The Morgan fingerprint density at radius 2 is 1.92 bits per heavy atom. The molecule has 0 aliphatic carbocycles. The zero-order valence-electron chi connectivity index (χ0n) is 14.5. The number of nitrogens with zero attached hydrogens (tertiary/aromatic N) is 3. The number of amides is 1.